The predicted molar refractivity (Wildman–Crippen MR) is 75.3 cm³/mol. The molecule has 1 aromatic carbocycles. The Hall–Kier alpha value is -2.63. The van der Waals surface area contributed by atoms with Crippen LogP contribution in [-0.4, -0.2) is 26.2 Å². The second kappa shape index (κ2) is 4.18. The van der Waals surface area contributed by atoms with Crippen LogP contribution in [0.25, 0.3) is 22.4 Å². The van der Waals surface area contributed by atoms with Crippen LogP contribution in [0, 0.1) is 6.92 Å². The van der Waals surface area contributed by atoms with Crippen LogP contribution < -0.4 is 0 Å². The molecule has 2 N–H and O–H groups in total. The summed E-state index contributed by atoms with van der Waals surface area (Å²) in [5.74, 6) is 0.927. The van der Waals surface area contributed by atoms with Crippen molar-refractivity contribution in [2.45, 2.75) is 25.7 Å². The van der Waals surface area contributed by atoms with E-state index in [-0.39, 0.29) is 5.56 Å². The standard InChI is InChI=1S/C15H13N3O3/c1-7-12(13(18-21-7)8-2-3-8)14-16-10-5-4-9(15(19)20)6-11(10)17-14/h4-6,8H,2-3H2,1H3,(H,16,17)(H,19,20). The SMILES string of the molecule is Cc1onc(C2CC2)c1-c1nc2ccc(C(=O)O)cc2[nH]1. The summed E-state index contributed by atoms with van der Waals surface area (Å²) in [6, 6.07) is 4.85. The molecule has 0 atom stereocenters. The van der Waals surface area contributed by atoms with Crippen LogP contribution in [0.4, 0.5) is 0 Å². The number of fused-ring (bicyclic) bond motifs is 1. The lowest BCUT2D eigenvalue weighted by atomic mass is 10.1. The number of hydrogen-bond acceptors (Lipinski definition) is 4. The number of carboxylic acids is 1. The Morgan fingerprint density at radius 3 is 2.95 bits per heavy atom. The Balaban J connectivity index is 1.87. The van der Waals surface area contributed by atoms with E-state index in [4.69, 9.17) is 9.63 Å². The van der Waals surface area contributed by atoms with Gasteiger partial charge in [0.05, 0.1) is 27.9 Å². The van der Waals surface area contributed by atoms with Crippen LogP contribution >= 0.6 is 0 Å². The van der Waals surface area contributed by atoms with E-state index < -0.39 is 5.97 Å². The fourth-order valence-corrected chi connectivity index (χ4v) is 2.57. The van der Waals surface area contributed by atoms with Gasteiger partial charge in [0.1, 0.15) is 11.6 Å². The highest BCUT2D eigenvalue weighted by Gasteiger charge is 2.32. The Kier molecular flexibility index (Phi) is 2.42. The van der Waals surface area contributed by atoms with Crippen LogP contribution in [0.2, 0.25) is 0 Å². The average molecular weight is 283 g/mol. The smallest absolute Gasteiger partial charge is 0.335 e. The molecule has 3 aromatic rings. The van der Waals surface area contributed by atoms with Crippen molar-refractivity contribution < 1.29 is 14.4 Å². The van der Waals surface area contributed by atoms with Gasteiger partial charge in [0, 0.05) is 5.92 Å². The number of aromatic amines is 1. The maximum absolute atomic E-state index is 11.0. The van der Waals surface area contributed by atoms with Gasteiger partial charge < -0.3 is 14.6 Å². The monoisotopic (exact) mass is 283 g/mol. The maximum Gasteiger partial charge on any atom is 0.335 e. The summed E-state index contributed by atoms with van der Waals surface area (Å²) in [5, 5.41) is 13.2. The lowest BCUT2D eigenvalue weighted by molar-refractivity contribution is 0.0697. The van der Waals surface area contributed by atoms with Crippen LogP contribution in [-0.2, 0) is 0 Å². The van der Waals surface area contributed by atoms with Gasteiger partial charge in [0.15, 0.2) is 0 Å². The van der Waals surface area contributed by atoms with Crippen LogP contribution in [0.3, 0.4) is 0 Å². The number of hydrogen-bond donors (Lipinski definition) is 2. The molecular formula is C15H13N3O3. The number of carbonyl (C=O) groups is 1. The van der Waals surface area contributed by atoms with E-state index >= 15 is 0 Å². The maximum atomic E-state index is 11.0. The third kappa shape index (κ3) is 1.91. The zero-order valence-electron chi connectivity index (χ0n) is 11.4. The molecule has 6 nitrogen and oxygen atoms in total. The number of H-pyrrole nitrogens is 1. The first kappa shape index (κ1) is 12.1. The molecule has 1 aliphatic carbocycles. The number of carboxylic acid groups (broad SMARTS) is 1. The first-order valence-electron chi connectivity index (χ1n) is 6.83. The van der Waals surface area contributed by atoms with E-state index in [0.29, 0.717) is 17.3 Å². The lowest BCUT2D eigenvalue weighted by Crippen LogP contribution is -1.94. The van der Waals surface area contributed by atoms with Crippen LogP contribution in [0.5, 0.6) is 0 Å². The van der Waals surface area contributed by atoms with E-state index in [9.17, 15) is 4.79 Å². The number of imidazole rings is 1. The molecule has 6 heteroatoms. The summed E-state index contributed by atoms with van der Waals surface area (Å²) in [5.41, 5.74) is 3.53. The van der Waals surface area contributed by atoms with E-state index in [1.165, 1.54) is 0 Å². The lowest BCUT2D eigenvalue weighted by Gasteiger charge is -1.96. The summed E-state index contributed by atoms with van der Waals surface area (Å²) in [7, 11) is 0. The van der Waals surface area contributed by atoms with Gasteiger partial charge in [-0.2, -0.15) is 0 Å². The van der Waals surface area contributed by atoms with Crippen molar-refractivity contribution in [1.29, 1.82) is 0 Å². The van der Waals surface area contributed by atoms with E-state index in [1.54, 1.807) is 18.2 Å². The highest BCUT2D eigenvalue weighted by Crippen LogP contribution is 2.44. The number of nitrogens with one attached hydrogen (secondary N) is 1. The molecule has 0 spiro atoms. The van der Waals surface area contributed by atoms with Crippen LogP contribution in [0.15, 0.2) is 22.7 Å². The summed E-state index contributed by atoms with van der Waals surface area (Å²) < 4.78 is 5.31. The number of aromatic carboxylic acids is 1. The van der Waals surface area contributed by atoms with Gasteiger partial charge in [0.25, 0.3) is 0 Å². The topological polar surface area (TPSA) is 92.0 Å². The molecule has 1 aliphatic rings. The Morgan fingerprint density at radius 2 is 2.24 bits per heavy atom. The summed E-state index contributed by atoms with van der Waals surface area (Å²) in [4.78, 5) is 18.7. The number of aryl methyl sites for hydroxylation is 1. The molecule has 1 saturated carbocycles. The molecule has 0 bridgehead atoms. The average Bonchev–Trinajstić information content (AvgIpc) is 3.10. The van der Waals surface area contributed by atoms with Crippen LogP contribution in [0.1, 0.15) is 40.6 Å². The third-order valence-electron chi connectivity index (χ3n) is 3.82. The zero-order valence-corrected chi connectivity index (χ0v) is 11.4. The highest BCUT2D eigenvalue weighted by atomic mass is 16.5. The van der Waals surface area contributed by atoms with Gasteiger partial charge >= 0.3 is 5.97 Å². The van der Waals surface area contributed by atoms with E-state index in [1.807, 2.05) is 6.92 Å². The van der Waals surface area contributed by atoms with Crippen molar-refractivity contribution in [3.05, 3.63) is 35.2 Å². The molecule has 0 aliphatic heterocycles. The van der Waals surface area contributed by atoms with Crippen molar-refractivity contribution in [1.82, 2.24) is 15.1 Å². The fourth-order valence-electron chi connectivity index (χ4n) is 2.57. The minimum Gasteiger partial charge on any atom is -0.478 e. The van der Waals surface area contributed by atoms with Gasteiger partial charge in [-0.3, -0.25) is 0 Å². The largest absolute Gasteiger partial charge is 0.478 e. The molecule has 21 heavy (non-hydrogen) atoms. The Labute approximate surface area is 119 Å². The third-order valence-corrected chi connectivity index (χ3v) is 3.82. The minimum atomic E-state index is -0.951. The molecular weight excluding hydrogens is 270 g/mol. The summed E-state index contributed by atoms with van der Waals surface area (Å²) in [6.45, 7) is 1.87. The van der Waals surface area contributed by atoms with Gasteiger partial charge in [-0.25, -0.2) is 9.78 Å². The van der Waals surface area contributed by atoms with Gasteiger partial charge in [-0.1, -0.05) is 5.16 Å². The molecule has 0 amide bonds. The molecule has 2 heterocycles. The number of benzene rings is 1. The Bertz CT molecular complexity index is 858. The first-order valence-corrected chi connectivity index (χ1v) is 6.83. The number of rotatable bonds is 3. The van der Waals surface area contributed by atoms with Crippen molar-refractivity contribution in [3.8, 4) is 11.4 Å². The Morgan fingerprint density at radius 1 is 1.43 bits per heavy atom. The van der Waals surface area contributed by atoms with Gasteiger partial charge in [-0.15, -0.1) is 0 Å². The van der Waals surface area contributed by atoms with Gasteiger partial charge in [-0.05, 0) is 38.0 Å². The number of aromatic nitrogens is 3. The normalized spacial score (nSPS) is 14.7. The molecule has 4 rings (SSSR count). The van der Waals surface area contributed by atoms with Crippen molar-refractivity contribution in [3.63, 3.8) is 0 Å². The van der Waals surface area contributed by atoms with Gasteiger partial charge in [0.2, 0.25) is 0 Å². The first-order chi connectivity index (χ1) is 10.1. The van der Waals surface area contributed by atoms with Crippen molar-refractivity contribution in [2.24, 2.45) is 0 Å². The fraction of sp³-hybridized carbons (Fsp3) is 0.267. The second-order valence-electron chi connectivity index (χ2n) is 5.40. The molecule has 106 valence electrons. The predicted octanol–water partition coefficient (Wildman–Crippen LogP) is 3.10. The highest BCUT2D eigenvalue weighted by molar-refractivity contribution is 5.93. The molecule has 1 fully saturated rings. The molecule has 0 unspecified atom stereocenters. The number of nitrogens with zero attached hydrogens (tertiary/aromatic N) is 2. The van der Waals surface area contributed by atoms with E-state index in [0.717, 1.165) is 35.4 Å². The van der Waals surface area contributed by atoms with Crippen molar-refractivity contribution in [2.75, 3.05) is 0 Å². The molecule has 0 radical (unpaired) electrons. The second-order valence-corrected chi connectivity index (χ2v) is 5.40. The zero-order chi connectivity index (χ0) is 14.6. The van der Waals surface area contributed by atoms with Crippen molar-refractivity contribution >= 4 is 17.0 Å². The summed E-state index contributed by atoms with van der Waals surface area (Å²) >= 11 is 0. The molecule has 0 saturated heterocycles. The quantitative estimate of drug-likeness (QED) is 0.770. The minimum absolute atomic E-state index is 0.238. The van der Waals surface area contributed by atoms with E-state index in [2.05, 4.69) is 15.1 Å². The molecule has 2 aromatic heterocycles. The summed E-state index contributed by atoms with van der Waals surface area (Å²) in [6.07, 6.45) is 2.25.